The molecule has 11 aromatic rings. The highest BCUT2D eigenvalue weighted by Gasteiger charge is 2.18. The van der Waals surface area contributed by atoms with Crippen LogP contribution in [0, 0.1) is 0 Å². The standard InChI is InChI=1S/C58H39N/c1-3-14-40(15-4-1)41-28-32-48(33-29-41)59(50-37-45-19-8-10-25-54(45)58(39-50)42-16-5-2-6-17-42)49-21-13-20-46(36-49)52-23-11-12-24-53(52)47-27-26-44-31-34-55-51-22-9-7-18-43(51)30-35-56(55)57(44)38-47/h1-39H. The van der Waals surface area contributed by atoms with Crippen molar-refractivity contribution in [3.05, 3.63) is 237 Å². The first kappa shape index (κ1) is 34.5. The zero-order valence-corrected chi connectivity index (χ0v) is 32.5. The van der Waals surface area contributed by atoms with Gasteiger partial charge in [0, 0.05) is 17.1 Å². The van der Waals surface area contributed by atoms with Gasteiger partial charge in [0.2, 0.25) is 0 Å². The van der Waals surface area contributed by atoms with Crippen LogP contribution in [-0.2, 0) is 0 Å². The van der Waals surface area contributed by atoms with Gasteiger partial charge in [-0.2, -0.15) is 0 Å². The van der Waals surface area contributed by atoms with Gasteiger partial charge < -0.3 is 4.90 Å². The monoisotopic (exact) mass is 749 g/mol. The van der Waals surface area contributed by atoms with Crippen LogP contribution in [0.4, 0.5) is 17.1 Å². The van der Waals surface area contributed by atoms with Gasteiger partial charge in [-0.1, -0.05) is 194 Å². The summed E-state index contributed by atoms with van der Waals surface area (Å²) in [6, 6.07) is 86.3. The number of rotatable bonds is 7. The Morgan fingerprint density at radius 1 is 0.203 bits per heavy atom. The quantitative estimate of drug-likeness (QED) is 0.147. The summed E-state index contributed by atoms with van der Waals surface area (Å²) in [5.74, 6) is 0. The van der Waals surface area contributed by atoms with E-state index in [4.69, 9.17) is 0 Å². The van der Waals surface area contributed by atoms with Crippen LogP contribution in [0.2, 0.25) is 0 Å². The van der Waals surface area contributed by atoms with E-state index in [1.165, 1.54) is 82.0 Å². The van der Waals surface area contributed by atoms with Crippen molar-refractivity contribution in [2.24, 2.45) is 0 Å². The highest BCUT2D eigenvalue weighted by atomic mass is 15.1. The molecule has 11 aromatic carbocycles. The lowest BCUT2D eigenvalue weighted by Gasteiger charge is -2.27. The van der Waals surface area contributed by atoms with E-state index in [-0.39, 0.29) is 0 Å². The van der Waals surface area contributed by atoms with E-state index in [9.17, 15) is 0 Å². The first-order valence-corrected chi connectivity index (χ1v) is 20.3. The zero-order valence-electron chi connectivity index (χ0n) is 32.5. The third-order valence-corrected chi connectivity index (χ3v) is 11.8. The molecule has 0 saturated heterocycles. The lowest BCUT2D eigenvalue weighted by molar-refractivity contribution is 1.29. The molecular weight excluding hydrogens is 711 g/mol. The second kappa shape index (κ2) is 14.6. The number of benzene rings is 11. The van der Waals surface area contributed by atoms with Crippen molar-refractivity contribution in [3.63, 3.8) is 0 Å². The molecule has 0 amide bonds. The van der Waals surface area contributed by atoms with Gasteiger partial charge in [0.15, 0.2) is 0 Å². The molecule has 0 spiro atoms. The Morgan fingerprint density at radius 2 is 0.729 bits per heavy atom. The van der Waals surface area contributed by atoms with Crippen LogP contribution < -0.4 is 4.90 Å². The van der Waals surface area contributed by atoms with Crippen molar-refractivity contribution in [2.75, 3.05) is 4.90 Å². The largest absolute Gasteiger partial charge is 0.310 e. The van der Waals surface area contributed by atoms with Crippen molar-refractivity contribution in [2.45, 2.75) is 0 Å². The summed E-state index contributed by atoms with van der Waals surface area (Å²) in [4.78, 5) is 2.41. The summed E-state index contributed by atoms with van der Waals surface area (Å²) in [5.41, 5.74) is 12.9. The van der Waals surface area contributed by atoms with E-state index in [2.05, 4.69) is 241 Å². The van der Waals surface area contributed by atoms with Crippen LogP contribution in [0.5, 0.6) is 0 Å². The summed E-state index contributed by atoms with van der Waals surface area (Å²) in [7, 11) is 0. The molecule has 276 valence electrons. The van der Waals surface area contributed by atoms with E-state index >= 15 is 0 Å². The predicted molar refractivity (Wildman–Crippen MR) is 253 cm³/mol. The SMILES string of the molecule is c1ccc(-c2ccc(N(c3cccc(-c4ccccc4-c4ccc5ccc6c7ccccc7ccc6c5c4)c3)c3cc(-c4ccccc4)c4ccccc4c3)cc2)cc1. The maximum Gasteiger partial charge on any atom is 0.0474 e. The molecule has 59 heavy (non-hydrogen) atoms. The van der Waals surface area contributed by atoms with Crippen LogP contribution in [0.25, 0.3) is 87.6 Å². The summed E-state index contributed by atoms with van der Waals surface area (Å²) in [5, 5.41) is 10.1. The first-order valence-electron chi connectivity index (χ1n) is 20.3. The number of hydrogen-bond donors (Lipinski definition) is 0. The molecule has 0 aliphatic rings. The molecule has 0 atom stereocenters. The third kappa shape index (κ3) is 6.30. The molecule has 0 heterocycles. The van der Waals surface area contributed by atoms with Crippen LogP contribution >= 0.6 is 0 Å². The fourth-order valence-corrected chi connectivity index (χ4v) is 8.95. The Balaban J connectivity index is 1.07. The number of anilines is 3. The van der Waals surface area contributed by atoms with E-state index < -0.39 is 0 Å². The topological polar surface area (TPSA) is 3.24 Å². The molecular formula is C58H39N. The first-order chi connectivity index (χ1) is 29.2. The molecule has 0 radical (unpaired) electrons. The molecule has 0 fully saturated rings. The number of fused-ring (bicyclic) bond motifs is 6. The Kier molecular flexibility index (Phi) is 8.56. The van der Waals surface area contributed by atoms with Gasteiger partial charge in [0.1, 0.15) is 0 Å². The van der Waals surface area contributed by atoms with Crippen molar-refractivity contribution in [1.29, 1.82) is 0 Å². The number of hydrogen-bond acceptors (Lipinski definition) is 1. The second-order valence-corrected chi connectivity index (χ2v) is 15.3. The third-order valence-electron chi connectivity index (χ3n) is 11.8. The van der Waals surface area contributed by atoms with E-state index in [1.807, 2.05) is 0 Å². The average molecular weight is 750 g/mol. The average Bonchev–Trinajstić information content (AvgIpc) is 3.32. The summed E-state index contributed by atoms with van der Waals surface area (Å²) >= 11 is 0. The normalized spacial score (nSPS) is 11.4. The number of nitrogens with zero attached hydrogens (tertiary/aromatic N) is 1. The van der Waals surface area contributed by atoms with Gasteiger partial charge in [0.05, 0.1) is 0 Å². The lowest BCUT2D eigenvalue weighted by atomic mass is 9.91. The minimum absolute atomic E-state index is 1.09. The van der Waals surface area contributed by atoms with Gasteiger partial charge in [-0.3, -0.25) is 0 Å². The van der Waals surface area contributed by atoms with E-state index in [1.54, 1.807) is 0 Å². The fourth-order valence-electron chi connectivity index (χ4n) is 8.95. The van der Waals surface area contributed by atoms with E-state index in [0.29, 0.717) is 0 Å². The summed E-state index contributed by atoms with van der Waals surface area (Å²) < 4.78 is 0. The van der Waals surface area contributed by atoms with Gasteiger partial charge >= 0.3 is 0 Å². The fraction of sp³-hybridized carbons (Fsp3) is 0. The Morgan fingerprint density at radius 3 is 1.47 bits per heavy atom. The second-order valence-electron chi connectivity index (χ2n) is 15.3. The molecule has 0 saturated carbocycles. The minimum atomic E-state index is 1.09. The van der Waals surface area contributed by atoms with Crippen LogP contribution in [0.15, 0.2) is 237 Å². The maximum absolute atomic E-state index is 2.41. The Hall–Kier alpha value is -7.74. The Labute approximate surface area is 344 Å². The highest BCUT2D eigenvalue weighted by molar-refractivity contribution is 6.18. The molecule has 1 nitrogen and oxygen atoms in total. The zero-order chi connectivity index (χ0) is 39.1. The molecule has 0 aliphatic heterocycles. The molecule has 1 heteroatoms. The molecule has 0 unspecified atom stereocenters. The van der Waals surface area contributed by atoms with Gasteiger partial charge in [-0.25, -0.2) is 0 Å². The maximum atomic E-state index is 2.41. The predicted octanol–water partition coefficient (Wildman–Crippen LogP) is 16.4. The minimum Gasteiger partial charge on any atom is -0.310 e. The highest BCUT2D eigenvalue weighted by Crippen LogP contribution is 2.43. The van der Waals surface area contributed by atoms with E-state index in [0.717, 1.165) is 22.6 Å². The van der Waals surface area contributed by atoms with Gasteiger partial charge in [-0.15, -0.1) is 0 Å². The molecule has 0 N–H and O–H groups in total. The van der Waals surface area contributed by atoms with Crippen LogP contribution in [0.1, 0.15) is 0 Å². The van der Waals surface area contributed by atoms with Gasteiger partial charge in [0.25, 0.3) is 0 Å². The van der Waals surface area contributed by atoms with Crippen molar-refractivity contribution in [3.8, 4) is 44.5 Å². The van der Waals surface area contributed by atoms with Crippen LogP contribution in [-0.4, -0.2) is 0 Å². The van der Waals surface area contributed by atoms with Crippen LogP contribution in [0.3, 0.4) is 0 Å². The Bertz CT molecular complexity index is 3310. The summed E-state index contributed by atoms with van der Waals surface area (Å²) in [6.07, 6.45) is 0. The molecule has 0 bridgehead atoms. The van der Waals surface area contributed by atoms with Gasteiger partial charge in [-0.05, 0) is 130 Å². The molecule has 11 rings (SSSR count). The van der Waals surface area contributed by atoms with Crippen molar-refractivity contribution >= 4 is 60.2 Å². The molecule has 0 aromatic heterocycles. The van der Waals surface area contributed by atoms with Crippen molar-refractivity contribution in [1.82, 2.24) is 0 Å². The molecule has 0 aliphatic carbocycles. The smallest absolute Gasteiger partial charge is 0.0474 e. The van der Waals surface area contributed by atoms with Crippen molar-refractivity contribution < 1.29 is 0 Å². The summed E-state index contributed by atoms with van der Waals surface area (Å²) in [6.45, 7) is 0. The lowest BCUT2D eigenvalue weighted by Crippen LogP contribution is -2.10.